The van der Waals surface area contributed by atoms with Gasteiger partial charge in [0.15, 0.2) is 0 Å². The average Bonchev–Trinajstić information content (AvgIpc) is 3.06. The van der Waals surface area contributed by atoms with Crippen LogP contribution in [0.4, 0.5) is 16.4 Å². The van der Waals surface area contributed by atoms with Gasteiger partial charge in [-0.1, -0.05) is 12.1 Å². The van der Waals surface area contributed by atoms with E-state index in [2.05, 4.69) is 41.5 Å². The molecule has 45 heavy (non-hydrogen) atoms. The second kappa shape index (κ2) is 14.8. The zero-order valence-corrected chi connectivity index (χ0v) is 27.0. The first-order valence-electron chi connectivity index (χ1n) is 16.2. The van der Waals surface area contributed by atoms with Crippen LogP contribution in [0, 0.1) is 24.7 Å². The molecule has 0 unspecified atom stereocenters. The Morgan fingerprint density at radius 1 is 0.889 bits per heavy atom. The zero-order chi connectivity index (χ0) is 31.9. The molecular weight excluding hydrogens is 566 g/mol. The summed E-state index contributed by atoms with van der Waals surface area (Å²) in [5, 5.41) is 11.5. The number of pyridine rings is 2. The summed E-state index contributed by atoms with van der Waals surface area (Å²) in [5.74, 6) is 3.74. The maximum absolute atomic E-state index is 14.2. The third kappa shape index (κ3) is 8.12. The van der Waals surface area contributed by atoms with E-state index < -0.39 is 6.09 Å². The molecule has 2 heterocycles. The molecule has 0 radical (unpaired) electrons. The largest absolute Gasteiger partial charge is 0.496 e. The molecule has 0 bridgehead atoms. The van der Waals surface area contributed by atoms with Gasteiger partial charge in [0.25, 0.3) is 0 Å². The van der Waals surface area contributed by atoms with E-state index in [0.717, 1.165) is 74.1 Å². The quantitative estimate of drug-likeness (QED) is 0.256. The van der Waals surface area contributed by atoms with E-state index >= 15 is 0 Å². The van der Waals surface area contributed by atoms with Gasteiger partial charge in [0, 0.05) is 51.1 Å². The fraction of sp³-hybridized carbons (Fsp3) is 0.500. The predicted molar refractivity (Wildman–Crippen MR) is 178 cm³/mol. The molecule has 9 heteroatoms. The number of amides is 2. The summed E-state index contributed by atoms with van der Waals surface area (Å²) in [4.78, 5) is 38.5. The van der Waals surface area contributed by atoms with Crippen molar-refractivity contribution in [2.24, 2.45) is 17.8 Å². The molecule has 2 aliphatic carbocycles. The lowest BCUT2D eigenvalue weighted by Crippen LogP contribution is -2.42. The van der Waals surface area contributed by atoms with Crippen LogP contribution in [-0.4, -0.2) is 61.4 Å². The topological polar surface area (TPSA) is 108 Å². The molecule has 2 N–H and O–H groups in total. The molecule has 2 aromatic heterocycles. The fourth-order valence-electron chi connectivity index (χ4n) is 7.02. The van der Waals surface area contributed by atoms with Crippen LogP contribution in [0.25, 0.3) is 11.1 Å². The number of anilines is 2. The molecule has 2 saturated carbocycles. The van der Waals surface area contributed by atoms with Crippen molar-refractivity contribution in [2.75, 3.05) is 44.1 Å². The Kier molecular flexibility index (Phi) is 10.6. The Bertz CT molecular complexity index is 1440. The summed E-state index contributed by atoms with van der Waals surface area (Å²) in [6.07, 6.45) is 10.2. The number of aromatic nitrogens is 2. The van der Waals surface area contributed by atoms with Crippen molar-refractivity contribution in [3.05, 3.63) is 66.0 Å². The molecule has 3 aromatic rings. The van der Waals surface area contributed by atoms with Crippen molar-refractivity contribution in [2.45, 2.75) is 64.2 Å². The predicted octanol–water partition coefficient (Wildman–Crippen LogP) is 6.91. The minimum absolute atomic E-state index is 0.0869. The number of carboxylic acid groups (broad SMARTS) is 1. The van der Waals surface area contributed by atoms with Crippen LogP contribution in [0.3, 0.4) is 0 Å². The highest BCUT2D eigenvalue weighted by atomic mass is 16.5. The van der Waals surface area contributed by atoms with Crippen molar-refractivity contribution < 1.29 is 19.4 Å². The smallest absolute Gasteiger partial charge is 0.404 e. The SMILES string of the molecule is COc1ccc([C@H]2CC[C@H](CN(c3cc(-c4ccc(N(C)C)nc4)ccn3)C(=O)[C@H]3CC[C@H](CNC(=O)O)CC3)CC2)cc1C. The monoisotopic (exact) mass is 613 g/mol. The van der Waals surface area contributed by atoms with Crippen LogP contribution < -0.4 is 19.9 Å². The molecule has 0 aliphatic heterocycles. The van der Waals surface area contributed by atoms with Gasteiger partial charge in [-0.05, 0) is 123 Å². The van der Waals surface area contributed by atoms with Crippen LogP contribution in [0.5, 0.6) is 5.75 Å². The van der Waals surface area contributed by atoms with Crippen LogP contribution in [-0.2, 0) is 4.79 Å². The number of nitrogens with zero attached hydrogens (tertiary/aromatic N) is 4. The second-order valence-electron chi connectivity index (χ2n) is 13.0. The number of methoxy groups -OCH3 is 1. The number of rotatable bonds is 10. The molecular formula is C36H47N5O4. The van der Waals surface area contributed by atoms with E-state index in [9.17, 15) is 9.59 Å². The second-order valence-corrected chi connectivity index (χ2v) is 13.0. The molecule has 0 atom stereocenters. The molecule has 1 aromatic carbocycles. The molecule has 0 spiro atoms. The van der Waals surface area contributed by atoms with E-state index in [1.165, 1.54) is 11.1 Å². The normalized spacial score (nSPS) is 21.5. The minimum atomic E-state index is -0.992. The van der Waals surface area contributed by atoms with Gasteiger partial charge in [-0.15, -0.1) is 0 Å². The molecule has 2 amide bonds. The summed E-state index contributed by atoms with van der Waals surface area (Å²) in [6, 6.07) is 14.6. The van der Waals surface area contributed by atoms with Gasteiger partial charge in [0.05, 0.1) is 7.11 Å². The van der Waals surface area contributed by atoms with E-state index in [4.69, 9.17) is 14.8 Å². The van der Waals surface area contributed by atoms with Crippen LogP contribution in [0.2, 0.25) is 0 Å². The third-order valence-corrected chi connectivity index (χ3v) is 9.74. The molecule has 5 rings (SSSR count). The van der Waals surface area contributed by atoms with Crippen molar-refractivity contribution in [3.8, 4) is 16.9 Å². The zero-order valence-electron chi connectivity index (χ0n) is 27.0. The minimum Gasteiger partial charge on any atom is -0.496 e. The van der Waals surface area contributed by atoms with E-state index in [0.29, 0.717) is 30.7 Å². The number of ether oxygens (including phenoxy) is 1. The summed E-state index contributed by atoms with van der Waals surface area (Å²) < 4.78 is 5.47. The Morgan fingerprint density at radius 3 is 2.24 bits per heavy atom. The Labute approximate surface area is 267 Å². The Hall–Kier alpha value is -4.14. The number of aryl methyl sites for hydroxylation is 1. The molecule has 9 nitrogen and oxygen atoms in total. The molecule has 2 aliphatic rings. The lowest BCUT2D eigenvalue weighted by molar-refractivity contribution is -0.123. The highest BCUT2D eigenvalue weighted by Crippen LogP contribution is 2.39. The number of hydrogen-bond donors (Lipinski definition) is 2. The highest BCUT2D eigenvalue weighted by Gasteiger charge is 2.33. The van der Waals surface area contributed by atoms with Gasteiger partial charge in [-0.3, -0.25) is 9.69 Å². The van der Waals surface area contributed by atoms with Gasteiger partial charge < -0.3 is 20.1 Å². The first-order chi connectivity index (χ1) is 21.7. The molecule has 240 valence electrons. The number of carbonyl (C=O) groups is 2. The van der Waals surface area contributed by atoms with Crippen LogP contribution >= 0.6 is 0 Å². The summed E-state index contributed by atoms with van der Waals surface area (Å²) >= 11 is 0. The maximum atomic E-state index is 14.2. The van der Waals surface area contributed by atoms with Gasteiger partial charge >= 0.3 is 6.09 Å². The van der Waals surface area contributed by atoms with Crippen molar-refractivity contribution in [1.29, 1.82) is 0 Å². The number of nitrogens with one attached hydrogen (secondary N) is 1. The molecule has 0 saturated heterocycles. The van der Waals surface area contributed by atoms with Crippen molar-refractivity contribution in [3.63, 3.8) is 0 Å². The summed E-state index contributed by atoms with van der Waals surface area (Å²) in [7, 11) is 5.65. The van der Waals surface area contributed by atoms with Gasteiger partial charge in [-0.25, -0.2) is 14.8 Å². The average molecular weight is 614 g/mol. The van der Waals surface area contributed by atoms with Crippen molar-refractivity contribution in [1.82, 2.24) is 15.3 Å². The molecule has 2 fully saturated rings. The highest BCUT2D eigenvalue weighted by molar-refractivity contribution is 5.94. The van der Waals surface area contributed by atoms with Gasteiger partial charge in [0.2, 0.25) is 5.91 Å². The third-order valence-electron chi connectivity index (χ3n) is 9.74. The first-order valence-corrected chi connectivity index (χ1v) is 16.2. The van der Waals surface area contributed by atoms with E-state index in [1.807, 2.05) is 48.3 Å². The maximum Gasteiger partial charge on any atom is 0.404 e. The number of benzene rings is 1. The van der Waals surface area contributed by atoms with Crippen LogP contribution in [0.1, 0.15) is 68.4 Å². The lowest BCUT2D eigenvalue weighted by atomic mass is 9.77. The van der Waals surface area contributed by atoms with E-state index in [-0.39, 0.29) is 17.7 Å². The Balaban J connectivity index is 1.32. The summed E-state index contributed by atoms with van der Waals surface area (Å²) in [5.41, 5.74) is 4.51. The van der Waals surface area contributed by atoms with Gasteiger partial charge in [0.1, 0.15) is 17.4 Å². The van der Waals surface area contributed by atoms with E-state index in [1.54, 1.807) is 13.3 Å². The number of hydrogen-bond acceptors (Lipinski definition) is 6. The van der Waals surface area contributed by atoms with Crippen LogP contribution in [0.15, 0.2) is 54.9 Å². The number of carbonyl (C=O) groups excluding carboxylic acids is 1. The van der Waals surface area contributed by atoms with Crippen molar-refractivity contribution >= 4 is 23.6 Å². The standard InChI is InChI=1S/C36H47N5O4/c1-24-19-29(13-15-32(24)45-4)27-9-7-26(8-10-27)23-41(35(42)28-11-5-25(6-12-28)21-39-36(43)44)34-20-30(17-18-37-34)31-14-16-33(38-22-31)40(2)3/h13-20,22,25-28,39H,5-12,21,23H2,1-4H3,(H,43,44)/t25-,26-,27-,28-. The lowest BCUT2D eigenvalue weighted by Gasteiger charge is -2.36. The van der Waals surface area contributed by atoms with Gasteiger partial charge in [-0.2, -0.15) is 0 Å². The Morgan fingerprint density at radius 2 is 1.62 bits per heavy atom. The first kappa shape index (κ1) is 32.3. The summed E-state index contributed by atoms with van der Waals surface area (Å²) in [6.45, 7) is 3.20. The fourth-order valence-corrected chi connectivity index (χ4v) is 7.02.